The standard InChI is InChI=1S/C10H14N2/c1-5-10(7-11)6-9(4)12-8(2)3/h5-6,8H,1H2,2-4H3/b10-6+,12-9?. The molecule has 0 saturated carbocycles. The van der Waals surface area contributed by atoms with E-state index in [1.54, 1.807) is 6.08 Å². The van der Waals surface area contributed by atoms with Gasteiger partial charge in [0.05, 0.1) is 11.6 Å². The monoisotopic (exact) mass is 162 g/mol. The van der Waals surface area contributed by atoms with Gasteiger partial charge in [-0.3, -0.25) is 4.99 Å². The van der Waals surface area contributed by atoms with Crippen LogP contribution in [0.15, 0.2) is 29.3 Å². The van der Waals surface area contributed by atoms with E-state index in [4.69, 9.17) is 5.26 Å². The van der Waals surface area contributed by atoms with E-state index in [2.05, 4.69) is 11.6 Å². The summed E-state index contributed by atoms with van der Waals surface area (Å²) in [6.45, 7) is 9.39. The fourth-order valence-corrected chi connectivity index (χ4v) is 0.806. The summed E-state index contributed by atoms with van der Waals surface area (Å²) in [4.78, 5) is 4.25. The molecule has 0 N–H and O–H groups in total. The lowest BCUT2D eigenvalue weighted by molar-refractivity contribution is 0.836. The molecule has 2 nitrogen and oxygen atoms in total. The van der Waals surface area contributed by atoms with Crippen molar-refractivity contribution in [1.29, 1.82) is 5.26 Å². The molecule has 0 amide bonds. The zero-order chi connectivity index (χ0) is 9.56. The molecule has 0 aliphatic carbocycles. The average molecular weight is 162 g/mol. The van der Waals surface area contributed by atoms with Gasteiger partial charge in [-0.25, -0.2) is 0 Å². The number of nitriles is 1. The van der Waals surface area contributed by atoms with E-state index >= 15 is 0 Å². The molecule has 0 rings (SSSR count). The highest BCUT2D eigenvalue weighted by Crippen LogP contribution is 1.96. The fourth-order valence-electron chi connectivity index (χ4n) is 0.806. The lowest BCUT2D eigenvalue weighted by Gasteiger charge is -1.97. The average Bonchev–Trinajstić information content (AvgIpc) is 1.98. The molecule has 2 heteroatoms. The van der Waals surface area contributed by atoms with Gasteiger partial charge in [-0.2, -0.15) is 5.26 Å². The van der Waals surface area contributed by atoms with Gasteiger partial charge in [-0.15, -0.1) is 0 Å². The van der Waals surface area contributed by atoms with Crippen molar-refractivity contribution >= 4 is 5.71 Å². The van der Waals surface area contributed by atoms with E-state index < -0.39 is 0 Å². The molecular weight excluding hydrogens is 148 g/mol. The van der Waals surface area contributed by atoms with Gasteiger partial charge in [-0.05, 0) is 26.8 Å². The third-order valence-corrected chi connectivity index (χ3v) is 1.18. The van der Waals surface area contributed by atoms with Crippen LogP contribution in [0, 0.1) is 11.3 Å². The van der Waals surface area contributed by atoms with Crippen LogP contribution in [0.5, 0.6) is 0 Å². The lowest BCUT2D eigenvalue weighted by atomic mass is 10.2. The van der Waals surface area contributed by atoms with Crippen LogP contribution < -0.4 is 0 Å². The predicted octanol–water partition coefficient (Wildman–Crippen LogP) is 2.49. The molecular formula is C10H14N2. The first-order chi connectivity index (χ1) is 5.60. The molecule has 0 aromatic rings. The van der Waals surface area contributed by atoms with E-state index in [0.29, 0.717) is 5.57 Å². The molecule has 0 spiro atoms. The van der Waals surface area contributed by atoms with Gasteiger partial charge in [0.15, 0.2) is 0 Å². The van der Waals surface area contributed by atoms with Crippen LogP contribution in [0.2, 0.25) is 0 Å². The molecule has 0 fully saturated rings. The van der Waals surface area contributed by atoms with Gasteiger partial charge in [0.2, 0.25) is 0 Å². The fraction of sp³-hybridized carbons (Fsp3) is 0.400. The Balaban J connectivity index is 4.53. The van der Waals surface area contributed by atoms with Gasteiger partial charge in [0, 0.05) is 11.8 Å². The molecule has 0 radical (unpaired) electrons. The number of hydrogen-bond acceptors (Lipinski definition) is 2. The van der Waals surface area contributed by atoms with Crippen molar-refractivity contribution in [3.8, 4) is 6.07 Å². The first-order valence-electron chi connectivity index (χ1n) is 3.88. The van der Waals surface area contributed by atoms with Crippen LogP contribution in [-0.4, -0.2) is 11.8 Å². The molecule has 0 unspecified atom stereocenters. The van der Waals surface area contributed by atoms with Gasteiger partial charge < -0.3 is 0 Å². The number of aliphatic imine (C=N–C) groups is 1. The van der Waals surface area contributed by atoms with Crippen molar-refractivity contribution in [1.82, 2.24) is 0 Å². The second-order valence-corrected chi connectivity index (χ2v) is 2.78. The van der Waals surface area contributed by atoms with Crippen molar-refractivity contribution in [2.24, 2.45) is 4.99 Å². The third kappa shape index (κ3) is 4.45. The summed E-state index contributed by atoms with van der Waals surface area (Å²) >= 11 is 0. The topological polar surface area (TPSA) is 36.1 Å². The molecule has 0 bridgehead atoms. The second kappa shape index (κ2) is 5.31. The molecule has 0 saturated heterocycles. The molecule has 0 aromatic heterocycles. The van der Waals surface area contributed by atoms with Gasteiger partial charge >= 0.3 is 0 Å². The Morgan fingerprint density at radius 1 is 1.58 bits per heavy atom. The van der Waals surface area contributed by atoms with Crippen LogP contribution in [0.1, 0.15) is 20.8 Å². The van der Waals surface area contributed by atoms with Gasteiger partial charge in [0.25, 0.3) is 0 Å². The van der Waals surface area contributed by atoms with E-state index in [9.17, 15) is 0 Å². The van der Waals surface area contributed by atoms with E-state index in [1.807, 2.05) is 26.8 Å². The SMILES string of the molecule is C=C/C(C#N)=C\C(C)=NC(C)C. The first kappa shape index (κ1) is 10.6. The Bertz CT molecular complexity index is 252. The normalized spacial score (nSPS) is 12.9. The Kier molecular flexibility index (Phi) is 4.71. The smallest absolute Gasteiger partial charge is 0.0992 e. The Hall–Kier alpha value is -1.36. The minimum absolute atomic E-state index is 0.269. The summed E-state index contributed by atoms with van der Waals surface area (Å²) in [6, 6.07) is 2.29. The van der Waals surface area contributed by atoms with Crippen molar-refractivity contribution < 1.29 is 0 Å². The molecule has 0 atom stereocenters. The van der Waals surface area contributed by atoms with Crippen molar-refractivity contribution in [2.75, 3.05) is 0 Å². The highest BCUT2D eigenvalue weighted by Gasteiger charge is 1.91. The molecule has 64 valence electrons. The predicted molar refractivity (Wildman–Crippen MR) is 52.1 cm³/mol. The largest absolute Gasteiger partial charge is 0.287 e. The van der Waals surface area contributed by atoms with Gasteiger partial charge in [0.1, 0.15) is 0 Å². The lowest BCUT2D eigenvalue weighted by Crippen LogP contribution is -1.95. The first-order valence-corrected chi connectivity index (χ1v) is 3.88. The number of nitrogens with zero attached hydrogens (tertiary/aromatic N) is 2. The Labute approximate surface area is 73.9 Å². The zero-order valence-electron chi connectivity index (χ0n) is 7.83. The van der Waals surface area contributed by atoms with E-state index in [1.165, 1.54) is 6.08 Å². The molecule has 0 aliphatic heterocycles. The van der Waals surface area contributed by atoms with E-state index in [0.717, 1.165) is 5.71 Å². The molecule has 0 aliphatic rings. The summed E-state index contributed by atoms with van der Waals surface area (Å²) in [6.07, 6.45) is 3.26. The maximum atomic E-state index is 8.56. The Morgan fingerprint density at radius 3 is 2.50 bits per heavy atom. The summed E-state index contributed by atoms with van der Waals surface area (Å²) in [5.41, 5.74) is 1.42. The zero-order valence-corrected chi connectivity index (χ0v) is 7.83. The van der Waals surface area contributed by atoms with Gasteiger partial charge in [-0.1, -0.05) is 12.7 Å². The quantitative estimate of drug-likeness (QED) is 0.357. The summed E-state index contributed by atoms with van der Waals surface area (Å²) in [7, 11) is 0. The van der Waals surface area contributed by atoms with Crippen LogP contribution >= 0.6 is 0 Å². The number of hydrogen-bond donors (Lipinski definition) is 0. The number of rotatable bonds is 3. The van der Waals surface area contributed by atoms with Crippen LogP contribution in [0.4, 0.5) is 0 Å². The second-order valence-electron chi connectivity index (χ2n) is 2.78. The Morgan fingerprint density at radius 2 is 2.17 bits per heavy atom. The highest BCUT2D eigenvalue weighted by atomic mass is 14.8. The summed E-state index contributed by atoms with van der Waals surface area (Å²) in [5.74, 6) is 0. The van der Waals surface area contributed by atoms with E-state index in [-0.39, 0.29) is 6.04 Å². The maximum absolute atomic E-state index is 8.56. The summed E-state index contributed by atoms with van der Waals surface area (Å²) in [5, 5.41) is 8.56. The summed E-state index contributed by atoms with van der Waals surface area (Å²) < 4.78 is 0. The number of allylic oxidation sites excluding steroid dienone is 3. The molecule has 12 heavy (non-hydrogen) atoms. The van der Waals surface area contributed by atoms with Crippen molar-refractivity contribution in [3.63, 3.8) is 0 Å². The van der Waals surface area contributed by atoms with Crippen molar-refractivity contribution in [3.05, 3.63) is 24.3 Å². The third-order valence-electron chi connectivity index (χ3n) is 1.18. The van der Waals surface area contributed by atoms with Crippen molar-refractivity contribution in [2.45, 2.75) is 26.8 Å². The van der Waals surface area contributed by atoms with Crippen LogP contribution in [-0.2, 0) is 0 Å². The minimum atomic E-state index is 0.269. The molecule has 0 aromatic carbocycles. The molecule has 0 heterocycles. The maximum Gasteiger partial charge on any atom is 0.0992 e. The van der Waals surface area contributed by atoms with Crippen LogP contribution in [0.3, 0.4) is 0 Å². The van der Waals surface area contributed by atoms with Crippen LogP contribution in [0.25, 0.3) is 0 Å². The highest BCUT2D eigenvalue weighted by molar-refractivity contribution is 5.94. The minimum Gasteiger partial charge on any atom is -0.287 e.